The predicted octanol–water partition coefficient (Wildman–Crippen LogP) is 4.00. The van der Waals surface area contributed by atoms with E-state index < -0.39 is 0 Å². The summed E-state index contributed by atoms with van der Waals surface area (Å²) in [5.74, 6) is 0.0257. The van der Waals surface area contributed by atoms with Gasteiger partial charge in [-0.3, -0.25) is 4.79 Å². The average Bonchev–Trinajstić information content (AvgIpc) is 2.60. The molecule has 0 unspecified atom stereocenters. The van der Waals surface area contributed by atoms with E-state index in [-0.39, 0.29) is 23.9 Å². The highest BCUT2D eigenvalue weighted by Crippen LogP contribution is 2.31. The van der Waals surface area contributed by atoms with Crippen LogP contribution in [-0.4, -0.2) is 23.2 Å². The number of aliphatic hydroxyl groups is 1. The van der Waals surface area contributed by atoms with Crippen molar-refractivity contribution in [2.75, 3.05) is 0 Å². The summed E-state index contributed by atoms with van der Waals surface area (Å²) in [6, 6.07) is 12.8. The van der Waals surface area contributed by atoms with Crippen LogP contribution in [0.15, 0.2) is 42.5 Å². The van der Waals surface area contributed by atoms with Crippen molar-refractivity contribution >= 4 is 5.91 Å². The topological polar surface area (TPSA) is 49.3 Å². The smallest absolute Gasteiger partial charge is 0.251 e. The first-order chi connectivity index (χ1) is 12.5. The molecule has 2 aromatic carbocycles. The quantitative estimate of drug-likeness (QED) is 0.823. The highest BCUT2D eigenvalue weighted by atomic mass is 19.1. The lowest BCUT2D eigenvalue weighted by Crippen LogP contribution is -2.46. The fourth-order valence-electron chi connectivity index (χ4n) is 3.62. The van der Waals surface area contributed by atoms with Gasteiger partial charge in [0.05, 0.1) is 6.10 Å². The third kappa shape index (κ3) is 4.13. The zero-order chi connectivity index (χ0) is 18.7. The van der Waals surface area contributed by atoms with Gasteiger partial charge in [-0.25, -0.2) is 4.39 Å². The zero-order valence-corrected chi connectivity index (χ0v) is 15.3. The SMILES string of the molecule is CC[C@H](NC(=O)c1ccccc1Cc1ccc(C)c(F)c1)C1CC(O)C1. The van der Waals surface area contributed by atoms with Crippen LogP contribution in [0.3, 0.4) is 0 Å². The number of carbonyl (C=O) groups excluding carboxylic acids is 1. The summed E-state index contributed by atoms with van der Waals surface area (Å²) in [5.41, 5.74) is 2.99. The summed E-state index contributed by atoms with van der Waals surface area (Å²) in [7, 11) is 0. The third-order valence-electron chi connectivity index (χ3n) is 5.37. The molecular formula is C22H26FNO2. The van der Waals surface area contributed by atoms with Crippen LogP contribution in [0.25, 0.3) is 0 Å². The third-order valence-corrected chi connectivity index (χ3v) is 5.37. The molecule has 3 nitrogen and oxygen atoms in total. The maximum absolute atomic E-state index is 13.8. The molecule has 0 heterocycles. The fourth-order valence-corrected chi connectivity index (χ4v) is 3.62. The summed E-state index contributed by atoms with van der Waals surface area (Å²) >= 11 is 0. The Morgan fingerprint density at radius 2 is 2.00 bits per heavy atom. The van der Waals surface area contributed by atoms with E-state index >= 15 is 0 Å². The molecule has 3 rings (SSSR count). The number of aryl methyl sites for hydroxylation is 1. The number of benzene rings is 2. The number of rotatable bonds is 6. The monoisotopic (exact) mass is 355 g/mol. The van der Waals surface area contributed by atoms with Gasteiger partial charge in [0.15, 0.2) is 0 Å². The molecule has 26 heavy (non-hydrogen) atoms. The molecule has 2 N–H and O–H groups in total. The van der Waals surface area contributed by atoms with Crippen molar-refractivity contribution in [3.63, 3.8) is 0 Å². The maximum atomic E-state index is 13.8. The Hall–Kier alpha value is -2.20. The minimum Gasteiger partial charge on any atom is -0.393 e. The Morgan fingerprint density at radius 3 is 2.65 bits per heavy atom. The molecule has 0 bridgehead atoms. The van der Waals surface area contributed by atoms with Gasteiger partial charge in [0.2, 0.25) is 0 Å². The van der Waals surface area contributed by atoms with Crippen LogP contribution in [0.1, 0.15) is 53.2 Å². The Labute approximate surface area is 154 Å². The Balaban J connectivity index is 1.75. The Kier molecular flexibility index (Phi) is 5.72. The summed E-state index contributed by atoms with van der Waals surface area (Å²) in [4.78, 5) is 12.8. The van der Waals surface area contributed by atoms with E-state index in [2.05, 4.69) is 12.2 Å². The summed E-state index contributed by atoms with van der Waals surface area (Å²) < 4.78 is 13.8. The van der Waals surface area contributed by atoms with E-state index in [0.29, 0.717) is 23.5 Å². The molecule has 0 aliphatic heterocycles. The van der Waals surface area contributed by atoms with E-state index in [9.17, 15) is 14.3 Å². The van der Waals surface area contributed by atoms with Crippen LogP contribution in [0.2, 0.25) is 0 Å². The molecule has 4 heteroatoms. The molecular weight excluding hydrogens is 329 g/mol. The summed E-state index contributed by atoms with van der Waals surface area (Å²) in [6.45, 7) is 3.79. The van der Waals surface area contributed by atoms with Gasteiger partial charge in [-0.15, -0.1) is 0 Å². The van der Waals surface area contributed by atoms with Gasteiger partial charge < -0.3 is 10.4 Å². The molecule has 138 valence electrons. The van der Waals surface area contributed by atoms with Gasteiger partial charge in [-0.2, -0.15) is 0 Å². The standard InChI is InChI=1S/C22H26FNO2/c1-3-21(17-12-18(25)13-17)24-22(26)19-7-5-4-6-16(19)10-15-9-8-14(2)20(23)11-15/h4-9,11,17-18,21,25H,3,10,12-13H2,1-2H3,(H,24,26)/t17?,18?,21-/m0/s1. The first-order valence-electron chi connectivity index (χ1n) is 9.29. The lowest BCUT2D eigenvalue weighted by atomic mass is 9.76. The van der Waals surface area contributed by atoms with Crippen LogP contribution in [-0.2, 0) is 6.42 Å². The van der Waals surface area contributed by atoms with E-state index in [0.717, 1.165) is 30.4 Å². The van der Waals surface area contributed by atoms with Crippen molar-refractivity contribution in [2.24, 2.45) is 5.92 Å². The molecule has 1 atom stereocenters. The minimum atomic E-state index is -0.227. The number of halogens is 1. The predicted molar refractivity (Wildman–Crippen MR) is 101 cm³/mol. The molecule has 1 aliphatic carbocycles. The molecule has 1 saturated carbocycles. The second-order valence-corrected chi connectivity index (χ2v) is 7.29. The number of hydrogen-bond donors (Lipinski definition) is 2. The highest BCUT2D eigenvalue weighted by Gasteiger charge is 2.34. The molecule has 0 aromatic heterocycles. The van der Waals surface area contributed by atoms with Crippen molar-refractivity contribution in [3.05, 3.63) is 70.5 Å². The number of hydrogen-bond acceptors (Lipinski definition) is 2. The maximum Gasteiger partial charge on any atom is 0.251 e. The number of amides is 1. The average molecular weight is 355 g/mol. The van der Waals surface area contributed by atoms with Gasteiger partial charge >= 0.3 is 0 Å². The van der Waals surface area contributed by atoms with Crippen molar-refractivity contribution < 1.29 is 14.3 Å². The van der Waals surface area contributed by atoms with Crippen molar-refractivity contribution in [1.29, 1.82) is 0 Å². The molecule has 1 amide bonds. The summed E-state index contributed by atoms with van der Waals surface area (Å²) in [5, 5.41) is 12.6. The molecule has 0 radical (unpaired) electrons. The van der Waals surface area contributed by atoms with Crippen LogP contribution in [0.5, 0.6) is 0 Å². The number of aliphatic hydroxyl groups excluding tert-OH is 1. The van der Waals surface area contributed by atoms with Gasteiger partial charge in [0.25, 0.3) is 5.91 Å². The minimum absolute atomic E-state index is 0.0794. The second-order valence-electron chi connectivity index (χ2n) is 7.29. The van der Waals surface area contributed by atoms with E-state index in [1.165, 1.54) is 6.07 Å². The van der Waals surface area contributed by atoms with E-state index in [1.54, 1.807) is 13.0 Å². The summed E-state index contributed by atoms with van der Waals surface area (Å²) in [6.07, 6.45) is 2.63. The van der Waals surface area contributed by atoms with Crippen LogP contribution < -0.4 is 5.32 Å². The lowest BCUT2D eigenvalue weighted by Gasteiger charge is -2.37. The zero-order valence-electron chi connectivity index (χ0n) is 15.3. The van der Waals surface area contributed by atoms with E-state index in [4.69, 9.17) is 0 Å². The van der Waals surface area contributed by atoms with Gasteiger partial charge in [-0.05, 0) is 67.3 Å². The van der Waals surface area contributed by atoms with Crippen molar-refractivity contribution in [3.8, 4) is 0 Å². The van der Waals surface area contributed by atoms with Gasteiger partial charge in [0, 0.05) is 11.6 Å². The Morgan fingerprint density at radius 1 is 1.27 bits per heavy atom. The van der Waals surface area contributed by atoms with Crippen LogP contribution in [0.4, 0.5) is 4.39 Å². The second kappa shape index (κ2) is 8.00. The van der Waals surface area contributed by atoms with E-state index in [1.807, 2.05) is 30.3 Å². The first kappa shape index (κ1) is 18.6. The first-order valence-corrected chi connectivity index (χ1v) is 9.29. The van der Waals surface area contributed by atoms with Crippen molar-refractivity contribution in [2.45, 2.75) is 51.7 Å². The molecule has 1 fully saturated rings. The molecule has 0 saturated heterocycles. The highest BCUT2D eigenvalue weighted by molar-refractivity contribution is 5.96. The van der Waals surface area contributed by atoms with Gasteiger partial charge in [0.1, 0.15) is 5.82 Å². The molecule has 0 spiro atoms. The molecule has 2 aromatic rings. The Bertz CT molecular complexity index is 783. The fraction of sp³-hybridized carbons (Fsp3) is 0.409. The normalized spacial score (nSPS) is 20.3. The number of carbonyl (C=O) groups is 1. The van der Waals surface area contributed by atoms with Crippen LogP contribution >= 0.6 is 0 Å². The molecule has 1 aliphatic rings. The van der Waals surface area contributed by atoms with Crippen LogP contribution in [0, 0.1) is 18.7 Å². The lowest BCUT2D eigenvalue weighted by molar-refractivity contribution is 0.0232. The largest absolute Gasteiger partial charge is 0.393 e. The number of nitrogens with one attached hydrogen (secondary N) is 1. The van der Waals surface area contributed by atoms with Crippen molar-refractivity contribution in [1.82, 2.24) is 5.32 Å². The van der Waals surface area contributed by atoms with Gasteiger partial charge in [-0.1, -0.05) is 37.3 Å².